The molecule has 1 aliphatic carbocycles. The number of fused-ring (bicyclic) bond motifs is 1. The van der Waals surface area contributed by atoms with Gasteiger partial charge in [-0.2, -0.15) is 10.1 Å². The summed E-state index contributed by atoms with van der Waals surface area (Å²) in [7, 11) is 0. The molecular weight excluding hydrogens is 438 g/mol. The van der Waals surface area contributed by atoms with Gasteiger partial charge in [-0.1, -0.05) is 46.9 Å². The average molecular weight is 462 g/mol. The fourth-order valence-corrected chi connectivity index (χ4v) is 4.99. The first-order chi connectivity index (χ1) is 16.0. The van der Waals surface area contributed by atoms with Crippen molar-refractivity contribution in [3.8, 4) is 11.5 Å². The SMILES string of the molecule is Cc1nn(C2CCCC2)c2cc(C3=NO[C@](C)(c4noc(-c5ccc(Cl)cc5)n4)C3)ccc12. The highest BCUT2D eigenvalue weighted by molar-refractivity contribution is 6.30. The van der Waals surface area contributed by atoms with E-state index in [2.05, 4.69) is 45.1 Å². The molecule has 1 aliphatic heterocycles. The van der Waals surface area contributed by atoms with Gasteiger partial charge in [0.25, 0.3) is 5.89 Å². The minimum absolute atomic E-state index is 0.428. The third-order valence-electron chi connectivity index (χ3n) is 6.75. The second-order valence-electron chi connectivity index (χ2n) is 9.17. The second kappa shape index (κ2) is 7.70. The molecule has 33 heavy (non-hydrogen) atoms. The summed E-state index contributed by atoms with van der Waals surface area (Å²) in [5.74, 6) is 0.899. The zero-order valence-corrected chi connectivity index (χ0v) is 19.3. The summed E-state index contributed by atoms with van der Waals surface area (Å²) in [6.45, 7) is 4.01. The zero-order valence-electron chi connectivity index (χ0n) is 18.6. The van der Waals surface area contributed by atoms with Crippen LogP contribution in [0.4, 0.5) is 0 Å². The normalized spacial score (nSPS) is 21.0. The quantitative estimate of drug-likeness (QED) is 0.361. The molecule has 7 nitrogen and oxygen atoms in total. The Labute approximate surface area is 196 Å². The van der Waals surface area contributed by atoms with E-state index in [1.165, 1.54) is 31.1 Å². The summed E-state index contributed by atoms with van der Waals surface area (Å²) in [6.07, 6.45) is 5.47. The third kappa shape index (κ3) is 3.51. The maximum Gasteiger partial charge on any atom is 0.258 e. The van der Waals surface area contributed by atoms with Gasteiger partial charge in [-0.15, -0.1) is 0 Å². The van der Waals surface area contributed by atoms with Crippen molar-refractivity contribution in [2.75, 3.05) is 0 Å². The van der Waals surface area contributed by atoms with Crippen molar-refractivity contribution < 1.29 is 9.36 Å². The molecule has 0 amide bonds. The van der Waals surface area contributed by atoms with Crippen LogP contribution in [-0.4, -0.2) is 25.6 Å². The Morgan fingerprint density at radius 1 is 1.06 bits per heavy atom. The number of rotatable bonds is 4. The molecule has 0 N–H and O–H groups in total. The molecule has 4 aromatic rings. The van der Waals surface area contributed by atoms with E-state index in [0.29, 0.717) is 29.2 Å². The smallest absolute Gasteiger partial charge is 0.258 e. The van der Waals surface area contributed by atoms with Gasteiger partial charge in [0.15, 0.2) is 0 Å². The minimum Gasteiger partial charge on any atom is -0.380 e. The molecule has 2 aromatic heterocycles. The van der Waals surface area contributed by atoms with Crippen molar-refractivity contribution in [1.82, 2.24) is 19.9 Å². The highest BCUT2D eigenvalue weighted by Gasteiger charge is 2.41. The number of aromatic nitrogens is 4. The van der Waals surface area contributed by atoms with Gasteiger partial charge in [-0.3, -0.25) is 4.68 Å². The van der Waals surface area contributed by atoms with Crippen LogP contribution in [0.15, 0.2) is 52.1 Å². The Morgan fingerprint density at radius 3 is 2.61 bits per heavy atom. The van der Waals surface area contributed by atoms with Crippen LogP contribution in [0.1, 0.15) is 62.2 Å². The van der Waals surface area contributed by atoms with Gasteiger partial charge in [-0.25, -0.2) is 0 Å². The number of oxime groups is 1. The summed E-state index contributed by atoms with van der Waals surface area (Å²) in [6, 6.07) is 14.2. The van der Waals surface area contributed by atoms with Crippen LogP contribution >= 0.6 is 11.6 Å². The molecule has 0 saturated heterocycles. The minimum atomic E-state index is -0.792. The fourth-order valence-electron chi connectivity index (χ4n) is 4.87. The molecule has 0 spiro atoms. The highest BCUT2D eigenvalue weighted by Crippen LogP contribution is 2.37. The standard InChI is InChI=1S/C25H24ClN5O2/c1-15-20-12-9-17(13-22(20)31(28-15)19-5-3-4-6-19)21-14-25(2,33-29-21)24-27-23(32-30-24)16-7-10-18(26)11-8-16/h7-13,19H,3-6,14H2,1-2H3/t25-/m0/s1. The van der Waals surface area contributed by atoms with E-state index in [9.17, 15) is 0 Å². The van der Waals surface area contributed by atoms with Crippen LogP contribution in [0.2, 0.25) is 5.02 Å². The lowest BCUT2D eigenvalue weighted by Gasteiger charge is -2.16. The lowest BCUT2D eigenvalue weighted by Crippen LogP contribution is -2.23. The Hall–Kier alpha value is -3.19. The topological polar surface area (TPSA) is 78.3 Å². The number of nitrogens with zero attached hydrogens (tertiary/aromatic N) is 5. The van der Waals surface area contributed by atoms with Gasteiger partial charge < -0.3 is 9.36 Å². The van der Waals surface area contributed by atoms with Gasteiger partial charge in [0.05, 0.1) is 23.0 Å². The molecule has 8 heteroatoms. The van der Waals surface area contributed by atoms with Crippen LogP contribution in [0.3, 0.4) is 0 Å². The van der Waals surface area contributed by atoms with Crippen molar-refractivity contribution in [1.29, 1.82) is 0 Å². The molecule has 0 unspecified atom stereocenters. The van der Waals surface area contributed by atoms with Crippen LogP contribution < -0.4 is 0 Å². The molecule has 6 rings (SSSR count). The van der Waals surface area contributed by atoms with Gasteiger partial charge in [0, 0.05) is 28.0 Å². The molecule has 168 valence electrons. The molecule has 2 aliphatic rings. The molecule has 1 atom stereocenters. The van der Waals surface area contributed by atoms with Gasteiger partial charge in [0.2, 0.25) is 11.4 Å². The summed E-state index contributed by atoms with van der Waals surface area (Å²) >= 11 is 5.98. The Morgan fingerprint density at radius 2 is 1.82 bits per heavy atom. The number of aryl methyl sites for hydroxylation is 1. The summed E-state index contributed by atoms with van der Waals surface area (Å²) in [4.78, 5) is 10.4. The number of benzene rings is 2. The Kier molecular flexibility index (Phi) is 4.76. The van der Waals surface area contributed by atoms with Crippen LogP contribution in [0.25, 0.3) is 22.4 Å². The highest BCUT2D eigenvalue weighted by atomic mass is 35.5. The van der Waals surface area contributed by atoms with Crippen molar-refractivity contribution in [2.45, 2.75) is 57.6 Å². The van der Waals surface area contributed by atoms with E-state index in [1.54, 1.807) is 12.1 Å². The van der Waals surface area contributed by atoms with Gasteiger partial charge in [-0.05, 0) is 57.0 Å². The average Bonchev–Trinajstić information content (AvgIpc) is 3.61. The molecule has 3 heterocycles. The van der Waals surface area contributed by atoms with Crippen LogP contribution in [0.5, 0.6) is 0 Å². The van der Waals surface area contributed by atoms with E-state index in [1.807, 2.05) is 19.1 Å². The van der Waals surface area contributed by atoms with E-state index < -0.39 is 5.60 Å². The van der Waals surface area contributed by atoms with E-state index >= 15 is 0 Å². The molecule has 1 saturated carbocycles. The Bertz CT molecular complexity index is 1370. The van der Waals surface area contributed by atoms with Crippen molar-refractivity contribution in [3.63, 3.8) is 0 Å². The predicted octanol–water partition coefficient (Wildman–Crippen LogP) is 6.20. The zero-order chi connectivity index (χ0) is 22.6. The molecule has 2 aromatic carbocycles. The lowest BCUT2D eigenvalue weighted by molar-refractivity contribution is -0.0159. The van der Waals surface area contributed by atoms with Crippen LogP contribution in [0, 0.1) is 6.92 Å². The van der Waals surface area contributed by atoms with E-state index in [0.717, 1.165) is 28.0 Å². The summed E-state index contributed by atoms with van der Waals surface area (Å²) < 4.78 is 7.71. The molecular formula is C25H24ClN5O2. The monoisotopic (exact) mass is 461 g/mol. The first-order valence-electron chi connectivity index (χ1n) is 11.3. The summed E-state index contributed by atoms with van der Waals surface area (Å²) in [5.41, 5.74) is 4.15. The fraction of sp³-hybridized carbons (Fsp3) is 0.360. The maximum absolute atomic E-state index is 5.98. The van der Waals surface area contributed by atoms with E-state index in [-0.39, 0.29) is 0 Å². The largest absolute Gasteiger partial charge is 0.380 e. The third-order valence-corrected chi connectivity index (χ3v) is 7.00. The second-order valence-corrected chi connectivity index (χ2v) is 9.60. The van der Waals surface area contributed by atoms with Crippen LogP contribution in [-0.2, 0) is 10.4 Å². The molecule has 0 bridgehead atoms. The lowest BCUT2D eigenvalue weighted by atomic mass is 9.94. The van der Waals surface area contributed by atoms with Gasteiger partial charge >= 0.3 is 0 Å². The first kappa shape index (κ1) is 20.4. The Balaban J connectivity index is 1.28. The number of hydrogen-bond acceptors (Lipinski definition) is 6. The number of hydrogen-bond donors (Lipinski definition) is 0. The van der Waals surface area contributed by atoms with Crippen molar-refractivity contribution in [3.05, 3.63) is 64.6 Å². The predicted molar refractivity (Wildman–Crippen MR) is 126 cm³/mol. The summed E-state index contributed by atoms with van der Waals surface area (Å²) in [5, 5.41) is 15.3. The van der Waals surface area contributed by atoms with Gasteiger partial charge in [0.1, 0.15) is 0 Å². The first-order valence-corrected chi connectivity index (χ1v) is 11.7. The maximum atomic E-state index is 5.98. The molecule has 0 radical (unpaired) electrons. The van der Waals surface area contributed by atoms with E-state index in [4.69, 9.17) is 26.1 Å². The molecule has 1 fully saturated rings. The van der Waals surface area contributed by atoms with Crippen molar-refractivity contribution >= 4 is 28.2 Å². The van der Waals surface area contributed by atoms with Crippen molar-refractivity contribution in [2.24, 2.45) is 5.16 Å². The number of halogens is 1.